The quantitative estimate of drug-likeness (QED) is 0.143. The van der Waals surface area contributed by atoms with Crippen LogP contribution in [0, 0.1) is 0 Å². The van der Waals surface area contributed by atoms with E-state index in [4.69, 9.17) is 19.6 Å². The van der Waals surface area contributed by atoms with Crippen LogP contribution in [0.25, 0.3) is 33.3 Å². The number of likely N-dealkylation sites (tertiary alicyclic amines) is 1. The van der Waals surface area contributed by atoms with Crippen LogP contribution in [0.5, 0.6) is 11.5 Å². The maximum absolute atomic E-state index is 13.1. The number of aryl methyl sites for hydroxylation is 1. The van der Waals surface area contributed by atoms with E-state index in [1.165, 1.54) is 4.90 Å². The lowest BCUT2D eigenvalue weighted by Gasteiger charge is -2.31. The van der Waals surface area contributed by atoms with Gasteiger partial charge in [-0.2, -0.15) is 10.2 Å². The molecule has 260 valence electrons. The predicted octanol–water partition coefficient (Wildman–Crippen LogP) is 6.70. The topological polar surface area (TPSA) is 149 Å². The molecule has 0 aliphatic carbocycles. The summed E-state index contributed by atoms with van der Waals surface area (Å²) < 4.78 is 14.7. The molecule has 4 heterocycles. The van der Waals surface area contributed by atoms with Crippen LogP contribution < -0.4 is 20.1 Å². The SMILES string of the molecule is COc1ccc(CNc2ncc(-c3cnn(C)c3)c3c2c(-c2ccc(C(=O)Nc4ccccc4)cc2)nn3[C@@H]2CCCN(C(=O)O)C2)c(OC)c1. The van der Waals surface area contributed by atoms with Crippen LogP contribution in [-0.2, 0) is 13.6 Å². The highest BCUT2D eigenvalue weighted by molar-refractivity contribution is 6.08. The zero-order valence-electron chi connectivity index (χ0n) is 28.5. The number of piperidine rings is 1. The second-order valence-electron chi connectivity index (χ2n) is 12.4. The predicted molar refractivity (Wildman–Crippen MR) is 194 cm³/mol. The minimum Gasteiger partial charge on any atom is -0.497 e. The molecular weight excluding hydrogens is 648 g/mol. The Morgan fingerprint density at radius 2 is 1.78 bits per heavy atom. The molecule has 0 saturated carbocycles. The van der Waals surface area contributed by atoms with E-state index in [-0.39, 0.29) is 11.9 Å². The van der Waals surface area contributed by atoms with Crippen LogP contribution in [0.4, 0.5) is 16.3 Å². The summed E-state index contributed by atoms with van der Waals surface area (Å²) in [6, 6.07) is 22.0. The van der Waals surface area contributed by atoms with Gasteiger partial charge in [-0.3, -0.25) is 14.2 Å². The number of nitrogens with one attached hydrogen (secondary N) is 2. The summed E-state index contributed by atoms with van der Waals surface area (Å²) in [5, 5.41) is 26.8. The summed E-state index contributed by atoms with van der Waals surface area (Å²) in [5.74, 6) is 1.72. The average molecular weight is 687 g/mol. The Morgan fingerprint density at radius 3 is 2.49 bits per heavy atom. The summed E-state index contributed by atoms with van der Waals surface area (Å²) in [6.45, 7) is 1.16. The van der Waals surface area contributed by atoms with Gasteiger partial charge in [-0.25, -0.2) is 9.78 Å². The van der Waals surface area contributed by atoms with Gasteiger partial charge in [0.05, 0.1) is 37.4 Å². The van der Waals surface area contributed by atoms with Crippen LogP contribution in [0.15, 0.2) is 91.4 Å². The summed E-state index contributed by atoms with van der Waals surface area (Å²) in [4.78, 5) is 31.6. The number of methoxy groups -OCH3 is 2. The van der Waals surface area contributed by atoms with Gasteiger partial charge in [0.25, 0.3) is 5.91 Å². The first-order valence-electron chi connectivity index (χ1n) is 16.6. The molecule has 1 atom stereocenters. The van der Waals surface area contributed by atoms with Crippen LogP contribution in [0.3, 0.4) is 0 Å². The molecule has 1 fully saturated rings. The lowest BCUT2D eigenvalue weighted by molar-refractivity contribution is 0.102. The van der Waals surface area contributed by atoms with Gasteiger partial charge in [0.15, 0.2) is 0 Å². The van der Waals surface area contributed by atoms with E-state index in [0.717, 1.165) is 39.6 Å². The normalized spacial score (nSPS) is 14.3. The number of para-hydroxylation sites is 1. The fourth-order valence-electron chi connectivity index (χ4n) is 6.55. The van der Waals surface area contributed by atoms with E-state index < -0.39 is 6.09 Å². The van der Waals surface area contributed by atoms with Gasteiger partial charge in [-0.05, 0) is 49.2 Å². The Labute approximate surface area is 294 Å². The van der Waals surface area contributed by atoms with Crippen LogP contribution in [0.2, 0.25) is 0 Å². The number of hydrogen-bond donors (Lipinski definition) is 3. The Hall–Kier alpha value is -6.37. The fourth-order valence-corrected chi connectivity index (χ4v) is 6.55. The smallest absolute Gasteiger partial charge is 0.407 e. The number of amides is 2. The molecule has 7 rings (SSSR count). The van der Waals surface area contributed by atoms with Crippen molar-refractivity contribution in [3.8, 4) is 33.9 Å². The molecule has 2 amide bonds. The molecule has 0 radical (unpaired) electrons. The van der Waals surface area contributed by atoms with Gasteiger partial charge in [-0.1, -0.05) is 30.3 Å². The molecule has 3 aromatic heterocycles. The number of carbonyl (C=O) groups is 2. The van der Waals surface area contributed by atoms with E-state index in [9.17, 15) is 14.7 Å². The number of fused-ring (bicyclic) bond motifs is 1. The van der Waals surface area contributed by atoms with Gasteiger partial charge in [0.1, 0.15) is 23.0 Å². The third-order valence-corrected chi connectivity index (χ3v) is 9.15. The Morgan fingerprint density at radius 1 is 0.980 bits per heavy atom. The fraction of sp³-hybridized carbons (Fsp3) is 0.237. The van der Waals surface area contributed by atoms with Crippen LogP contribution in [0.1, 0.15) is 34.8 Å². The standard InChI is InChI=1S/C38H38N8O5/c1-44-22-27(20-41-44)31-21-40-36(39-19-26-15-16-30(50-2)18-32(26)51-3)33-34(43-46(35(31)33)29-10-7-17-45(23-29)38(48)49)24-11-13-25(14-12-24)37(47)42-28-8-5-4-6-9-28/h4-6,8-9,11-16,18,20-22,29H,7,10,17,19,23H2,1-3H3,(H,39,40)(H,42,47)(H,48,49)/t29-/m1/s1. The molecule has 1 aliphatic rings. The van der Waals surface area contributed by atoms with Crippen molar-refractivity contribution in [2.45, 2.75) is 25.4 Å². The molecule has 0 unspecified atom stereocenters. The highest BCUT2D eigenvalue weighted by Gasteiger charge is 2.30. The summed E-state index contributed by atoms with van der Waals surface area (Å²) in [6.07, 6.45) is 6.02. The zero-order valence-corrected chi connectivity index (χ0v) is 28.5. The molecule has 1 aliphatic heterocycles. The number of benzene rings is 3. The number of pyridine rings is 1. The second-order valence-corrected chi connectivity index (χ2v) is 12.4. The van der Waals surface area contributed by atoms with E-state index in [0.29, 0.717) is 60.3 Å². The van der Waals surface area contributed by atoms with Gasteiger partial charge < -0.3 is 30.1 Å². The number of aromatic nitrogens is 5. The van der Waals surface area contributed by atoms with Crippen molar-refractivity contribution in [3.05, 3.63) is 103 Å². The maximum atomic E-state index is 13.1. The van der Waals surface area contributed by atoms with Gasteiger partial charge in [0, 0.05) is 78.6 Å². The highest BCUT2D eigenvalue weighted by atomic mass is 16.5. The molecule has 13 heteroatoms. The molecule has 1 saturated heterocycles. The first kappa shape index (κ1) is 33.1. The van der Waals surface area contributed by atoms with E-state index in [2.05, 4.69) is 15.7 Å². The first-order chi connectivity index (χ1) is 24.8. The number of ether oxygens (including phenoxy) is 2. The Bertz CT molecular complexity index is 2200. The third kappa shape index (κ3) is 6.78. The first-order valence-corrected chi connectivity index (χ1v) is 16.6. The number of carbonyl (C=O) groups excluding carboxylic acids is 1. The van der Waals surface area contributed by atoms with Crippen molar-refractivity contribution in [1.29, 1.82) is 0 Å². The zero-order chi connectivity index (χ0) is 35.5. The molecule has 3 aromatic carbocycles. The molecular formula is C38H38N8O5. The van der Waals surface area contributed by atoms with Crippen molar-refractivity contribution < 1.29 is 24.2 Å². The monoisotopic (exact) mass is 686 g/mol. The Kier molecular flexibility index (Phi) is 9.25. The van der Waals surface area contributed by atoms with Crippen LogP contribution in [-0.4, -0.2) is 73.9 Å². The number of anilines is 2. The van der Waals surface area contributed by atoms with Crippen molar-refractivity contribution in [2.75, 3.05) is 37.9 Å². The average Bonchev–Trinajstić information content (AvgIpc) is 3.79. The number of carboxylic acid groups (broad SMARTS) is 1. The summed E-state index contributed by atoms with van der Waals surface area (Å²) >= 11 is 0. The lowest BCUT2D eigenvalue weighted by Crippen LogP contribution is -2.40. The lowest BCUT2D eigenvalue weighted by atomic mass is 10.0. The number of nitrogens with zero attached hydrogens (tertiary/aromatic N) is 6. The molecule has 0 spiro atoms. The molecule has 6 aromatic rings. The number of rotatable bonds is 10. The molecule has 51 heavy (non-hydrogen) atoms. The third-order valence-electron chi connectivity index (χ3n) is 9.15. The molecule has 0 bridgehead atoms. The van der Waals surface area contributed by atoms with Crippen LogP contribution >= 0.6 is 0 Å². The summed E-state index contributed by atoms with van der Waals surface area (Å²) in [7, 11) is 5.09. The second kappa shape index (κ2) is 14.2. The minimum atomic E-state index is -0.953. The van der Waals surface area contributed by atoms with Crippen molar-refractivity contribution >= 4 is 34.4 Å². The largest absolute Gasteiger partial charge is 0.497 e. The molecule has 3 N–H and O–H groups in total. The van der Waals surface area contributed by atoms with Gasteiger partial charge >= 0.3 is 6.09 Å². The van der Waals surface area contributed by atoms with Gasteiger partial charge in [0.2, 0.25) is 0 Å². The van der Waals surface area contributed by atoms with Crippen molar-refractivity contribution in [3.63, 3.8) is 0 Å². The summed E-state index contributed by atoms with van der Waals surface area (Å²) in [5.41, 5.74) is 6.00. The molecule has 13 nitrogen and oxygen atoms in total. The van der Waals surface area contributed by atoms with E-state index >= 15 is 0 Å². The van der Waals surface area contributed by atoms with Gasteiger partial charge in [-0.15, -0.1) is 0 Å². The highest BCUT2D eigenvalue weighted by Crippen LogP contribution is 2.41. The Balaban J connectivity index is 1.36. The van der Waals surface area contributed by atoms with E-state index in [1.54, 1.807) is 37.2 Å². The van der Waals surface area contributed by atoms with Crippen molar-refractivity contribution in [2.24, 2.45) is 7.05 Å². The maximum Gasteiger partial charge on any atom is 0.407 e. The van der Waals surface area contributed by atoms with E-state index in [1.807, 2.05) is 84.8 Å². The number of hydrogen-bond acceptors (Lipinski definition) is 8. The minimum absolute atomic E-state index is 0.226. The van der Waals surface area contributed by atoms with Crippen molar-refractivity contribution in [1.82, 2.24) is 29.4 Å².